The number of nitrogens with zero attached hydrogens (tertiary/aromatic N) is 4. The van der Waals surface area contributed by atoms with E-state index in [1.165, 1.54) is 6.07 Å². The van der Waals surface area contributed by atoms with Crippen LogP contribution in [0.1, 0.15) is 5.56 Å². The van der Waals surface area contributed by atoms with Crippen molar-refractivity contribution >= 4 is 33.9 Å². The molecule has 0 saturated carbocycles. The number of hydrogen-bond donors (Lipinski definition) is 3. The van der Waals surface area contributed by atoms with Gasteiger partial charge in [-0.25, -0.2) is 4.98 Å². The normalized spacial score (nSPS) is 10.7. The molecule has 0 fully saturated rings. The largest absolute Gasteiger partial charge is 0.366 e. The van der Waals surface area contributed by atoms with Crippen LogP contribution in [0.25, 0.3) is 10.9 Å². The Morgan fingerprint density at radius 3 is 2.78 bits per heavy atom. The second kappa shape index (κ2) is 7.08. The minimum atomic E-state index is -0.460. The van der Waals surface area contributed by atoms with E-state index in [2.05, 4.69) is 30.8 Å². The van der Waals surface area contributed by atoms with E-state index in [1.54, 1.807) is 24.7 Å². The van der Waals surface area contributed by atoms with Gasteiger partial charge in [0, 0.05) is 36.1 Å². The summed E-state index contributed by atoms with van der Waals surface area (Å²) < 4.78 is 0. The Hall–Kier alpha value is -4.01. The number of pyridine rings is 2. The van der Waals surface area contributed by atoms with Gasteiger partial charge in [0.1, 0.15) is 5.82 Å². The fourth-order valence-electron chi connectivity index (χ4n) is 2.64. The van der Waals surface area contributed by atoms with Gasteiger partial charge in [0.25, 0.3) is 0 Å². The van der Waals surface area contributed by atoms with E-state index in [-0.39, 0.29) is 11.5 Å². The molecule has 4 aromatic rings. The van der Waals surface area contributed by atoms with Crippen molar-refractivity contribution in [1.82, 2.24) is 20.2 Å². The number of rotatable bonds is 6. The smallest absolute Gasteiger partial charge is 0.311 e. The molecule has 0 aliphatic heterocycles. The van der Waals surface area contributed by atoms with Crippen LogP contribution in [0.3, 0.4) is 0 Å². The fraction of sp³-hybridized carbons (Fsp3) is 0.0556. The summed E-state index contributed by atoms with van der Waals surface area (Å²) in [5.41, 5.74) is 2.50. The minimum absolute atomic E-state index is 0.100. The number of fused-ring (bicyclic) bond motifs is 1. The molecule has 4 rings (SSSR count). The summed E-state index contributed by atoms with van der Waals surface area (Å²) in [7, 11) is 0. The van der Waals surface area contributed by atoms with Crippen molar-refractivity contribution in [2.24, 2.45) is 0 Å². The van der Waals surface area contributed by atoms with Crippen molar-refractivity contribution in [2.45, 2.75) is 6.54 Å². The Kier molecular flexibility index (Phi) is 4.32. The summed E-state index contributed by atoms with van der Waals surface area (Å²) in [6, 6.07) is 12.3. The van der Waals surface area contributed by atoms with Gasteiger partial charge < -0.3 is 10.6 Å². The lowest BCUT2D eigenvalue weighted by Gasteiger charge is -2.10. The fourth-order valence-corrected chi connectivity index (χ4v) is 2.64. The summed E-state index contributed by atoms with van der Waals surface area (Å²) in [5.74, 6) is 0.701. The summed E-state index contributed by atoms with van der Waals surface area (Å²) in [4.78, 5) is 19.2. The lowest BCUT2D eigenvalue weighted by atomic mass is 10.2. The maximum atomic E-state index is 11.4. The molecule has 0 amide bonds. The van der Waals surface area contributed by atoms with Crippen LogP contribution in [-0.4, -0.2) is 25.1 Å². The summed E-state index contributed by atoms with van der Waals surface area (Å²) >= 11 is 0. The van der Waals surface area contributed by atoms with E-state index in [0.29, 0.717) is 18.1 Å². The summed E-state index contributed by atoms with van der Waals surface area (Å²) in [5, 5.41) is 25.3. The number of aromatic nitrogens is 4. The maximum Gasteiger partial charge on any atom is 0.311 e. The summed E-state index contributed by atoms with van der Waals surface area (Å²) in [6.45, 7) is 0.535. The molecule has 3 N–H and O–H groups in total. The molecule has 0 saturated heterocycles. The van der Waals surface area contributed by atoms with E-state index < -0.39 is 4.92 Å². The molecule has 9 nitrogen and oxygen atoms in total. The molecular weight excluding hydrogens is 346 g/mol. The topological polar surface area (TPSA) is 122 Å². The van der Waals surface area contributed by atoms with Gasteiger partial charge in [-0.05, 0) is 42.0 Å². The zero-order chi connectivity index (χ0) is 18.6. The maximum absolute atomic E-state index is 11.4. The molecule has 0 unspecified atom stereocenters. The van der Waals surface area contributed by atoms with Gasteiger partial charge >= 0.3 is 5.69 Å². The number of H-pyrrole nitrogens is 1. The Balaban J connectivity index is 1.59. The van der Waals surface area contributed by atoms with E-state index in [0.717, 1.165) is 16.5 Å². The van der Waals surface area contributed by atoms with Gasteiger partial charge in [-0.2, -0.15) is 5.10 Å². The van der Waals surface area contributed by atoms with Gasteiger partial charge in [0.15, 0.2) is 0 Å². The average molecular weight is 361 g/mol. The first-order chi connectivity index (χ1) is 13.2. The predicted molar refractivity (Wildman–Crippen MR) is 102 cm³/mol. The molecular formula is C18H15N7O2. The zero-order valence-electron chi connectivity index (χ0n) is 14.1. The molecule has 0 radical (unpaired) electrons. The Labute approximate surface area is 153 Å². The van der Waals surface area contributed by atoms with Gasteiger partial charge in [0.05, 0.1) is 16.6 Å². The molecule has 3 heterocycles. The van der Waals surface area contributed by atoms with E-state index in [1.807, 2.05) is 30.3 Å². The molecule has 3 aromatic heterocycles. The molecule has 0 aliphatic carbocycles. The molecule has 0 bridgehead atoms. The quantitative estimate of drug-likeness (QED) is 0.354. The first-order valence-corrected chi connectivity index (χ1v) is 8.17. The number of nitro groups is 1. The predicted octanol–water partition coefficient (Wildman–Crippen LogP) is 3.62. The number of nitrogens with one attached hydrogen (secondary N) is 3. The van der Waals surface area contributed by atoms with Crippen LogP contribution < -0.4 is 10.6 Å². The third-order valence-corrected chi connectivity index (χ3v) is 4.00. The van der Waals surface area contributed by atoms with Gasteiger partial charge in [-0.15, -0.1) is 0 Å². The third-order valence-electron chi connectivity index (χ3n) is 4.00. The van der Waals surface area contributed by atoms with E-state index >= 15 is 0 Å². The monoisotopic (exact) mass is 361 g/mol. The van der Waals surface area contributed by atoms with Crippen molar-refractivity contribution in [3.8, 4) is 0 Å². The average Bonchev–Trinajstić information content (AvgIpc) is 3.15. The number of aromatic amines is 1. The first kappa shape index (κ1) is 16.5. The van der Waals surface area contributed by atoms with Crippen LogP contribution in [0.4, 0.5) is 23.0 Å². The first-order valence-electron chi connectivity index (χ1n) is 8.17. The van der Waals surface area contributed by atoms with Crippen LogP contribution in [0.15, 0.2) is 61.1 Å². The molecule has 0 aliphatic rings. The van der Waals surface area contributed by atoms with Crippen molar-refractivity contribution in [3.05, 3.63) is 76.7 Å². The van der Waals surface area contributed by atoms with E-state index in [4.69, 9.17) is 0 Å². The highest BCUT2D eigenvalue weighted by molar-refractivity contribution is 5.83. The second-order valence-corrected chi connectivity index (χ2v) is 5.83. The van der Waals surface area contributed by atoms with Gasteiger partial charge in [0.2, 0.25) is 5.82 Å². The molecule has 9 heteroatoms. The van der Waals surface area contributed by atoms with Gasteiger partial charge in [-0.3, -0.25) is 20.2 Å². The second-order valence-electron chi connectivity index (χ2n) is 5.83. The van der Waals surface area contributed by atoms with Gasteiger partial charge in [-0.1, -0.05) is 0 Å². The zero-order valence-corrected chi connectivity index (χ0v) is 14.1. The minimum Gasteiger partial charge on any atom is -0.366 e. The van der Waals surface area contributed by atoms with Crippen LogP contribution in [0, 0.1) is 10.1 Å². The van der Waals surface area contributed by atoms with Crippen molar-refractivity contribution in [2.75, 3.05) is 10.6 Å². The highest BCUT2D eigenvalue weighted by Crippen LogP contribution is 2.28. The SMILES string of the molecule is O=[N+]([O-])c1ccc(NCc2ccncc2)nc1Nc1ccc2[nH]ncc2c1. The number of hydrogen-bond acceptors (Lipinski definition) is 7. The Bertz CT molecular complexity index is 1100. The van der Waals surface area contributed by atoms with Crippen LogP contribution >= 0.6 is 0 Å². The molecule has 134 valence electrons. The van der Waals surface area contributed by atoms with Crippen molar-refractivity contribution < 1.29 is 4.92 Å². The third kappa shape index (κ3) is 3.66. The van der Waals surface area contributed by atoms with E-state index in [9.17, 15) is 10.1 Å². The molecule has 0 spiro atoms. The Morgan fingerprint density at radius 1 is 1.11 bits per heavy atom. The van der Waals surface area contributed by atoms with Crippen LogP contribution in [0.2, 0.25) is 0 Å². The highest BCUT2D eigenvalue weighted by atomic mass is 16.6. The molecule has 1 aromatic carbocycles. The molecule has 0 atom stereocenters. The van der Waals surface area contributed by atoms with Crippen molar-refractivity contribution in [3.63, 3.8) is 0 Å². The highest BCUT2D eigenvalue weighted by Gasteiger charge is 2.16. The lowest BCUT2D eigenvalue weighted by Crippen LogP contribution is -2.05. The number of benzene rings is 1. The lowest BCUT2D eigenvalue weighted by molar-refractivity contribution is -0.384. The molecule has 27 heavy (non-hydrogen) atoms. The Morgan fingerprint density at radius 2 is 1.96 bits per heavy atom. The van der Waals surface area contributed by atoms with Crippen LogP contribution in [0.5, 0.6) is 0 Å². The van der Waals surface area contributed by atoms with Crippen molar-refractivity contribution in [1.29, 1.82) is 0 Å². The summed E-state index contributed by atoms with van der Waals surface area (Å²) in [6.07, 6.45) is 5.10. The number of anilines is 3. The standard InChI is InChI=1S/C18H15N7O2/c26-25(27)16-3-4-17(20-10-12-5-7-19-8-6-12)23-18(16)22-14-1-2-15-13(9-14)11-21-24-15/h1-9,11H,10H2,(H,21,24)(H2,20,22,23). The van der Waals surface area contributed by atoms with Crippen LogP contribution in [-0.2, 0) is 6.54 Å².